The molecule has 3 rings (SSSR count). The normalized spacial score (nSPS) is 20.2. The average molecular weight is 348 g/mol. The Bertz CT molecular complexity index is 880. The molecule has 0 amide bonds. The number of carbonyl (C=O) groups excluding carboxylic acids is 1. The van der Waals surface area contributed by atoms with Crippen LogP contribution in [-0.2, 0) is 11.2 Å². The molecule has 4 heteroatoms. The highest BCUT2D eigenvalue weighted by Gasteiger charge is 2.36. The molecule has 2 aromatic rings. The number of nitrogens with zero attached hydrogens (tertiary/aromatic N) is 1. The van der Waals surface area contributed by atoms with E-state index in [0.717, 1.165) is 5.56 Å². The number of carbonyl (C=O) groups is 1. The molecule has 0 radical (unpaired) electrons. The van der Waals surface area contributed by atoms with E-state index in [1.807, 2.05) is 62.4 Å². The molecule has 1 aliphatic carbocycles. The van der Waals surface area contributed by atoms with Gasteiger partial charge >= 0.3 is 0 Å². The van der Waals surface area contributed by atoms with Crippen molar-refractivity contribution in [3.63, 3.8) is 0 Å². The third kappa shape index (κ3) is 4.02. The van der Waals surface area contributed by atoms with Crippen molar-refractivity contribution < 1.29 is 9.90 Å². The molecule has 0 aromatic heterocycles. The predicted molar refractivity (Wildman–Crippen MR) is 106 cm³/mol. The summed E-state index contributed by atoms with van der Waals surface area (Å²) in [6, 6.07) is 16.9. The molecule has 1 aliphatic rings. The van der Waals surface area contributed by atoms with Crippen LogP contribution in [0.1, 0.15) is 32.3 Å². The number of hydrogen-bond acceptors (Lipinski definition) is 4. The monoisotopic (exact) mass is 348 g/mol. The second-order valence-electron chi connectivity index (χ2n) is 7.54. The number of Topliss-reactive ketones (excluding diaryl/α,β-unsaturated/α-hetero) is 1. The highest BCUT2D eigenvalue weighted by Crippen LogP contribution is 2.37. The van der Waals surface area contributed by atoms with Gasteiger partial charge in [-0.2, -0.15) is 0 Å². The van der Waals surface area contributed by atoms with Crippen molar-refractivity contribution in [3.8, 4) is 0 Å². The van der Waals surface area contributed by atoms with Gasteiger partial charge in [-0.25, -0.2) is 0 Å². The van der Waals surface area contributed by atoms with Gasteiger partial charge in [-0.1, -0.05) is 56.3 Å². The van der Waals surface area contributed by atoms with E-state index in [1.165, 1.54) is 0 Å². The van der Waals surface area contributed by atoms with Crippen molar-refractivity contribution in [1.82, 2.24) is 0 Å². The van der Waals surface area contributed by atoms with Crippen LogP contribution in [0.15, 0.2) is 70.9 Å². The summed E-state index contributed by atoms with van der Waals surface area (Å²) in [5, 5.41) is 10.7. The summed E-state index contributed by atoms with van der Waals surface area (Å²) < 4.78 is 0. The average Bonchev–Trinajstić information content (AvgIpc) is 2.56. The Labute approximate surface area is 154 Å². The zero-order valence-electron chi connectivity index (χ0n) is 15.2. The Hall–Kier alpha value is -2.88. The number of nitrogen functional groups attached to an aromatic ring is 1. The maximum absolute atomic E-state index is 12.8. The summed E-state index contributed by atoms with van der Waals surface area (Å²) in [5.41, 5.74) is 8.90. The van der Waals surface area contributed by atoms with Crippen LogP contribution in [0.5, 0.6) is 0 Å². The number of ketones is 1. The molecule has 3 N–H and O–H groups in total. The topological polar surface area (TPSA) is 75.7 Å². The minimum absolute atomic E-state index is 0.0667. The lowest BCUT2D eigenvalue weighted by molar-refractivity contribution is -0.117. The van der Waals surface area contributed by atoms with E-state index in [4.69, 9.17) is 5.73 Å². The Balaban J connectivity index is 2.06. The fraction of sp³-hybridized carbons (Fsp3) is 0.273. The minimum atomic E-state index is -0.198. The van der Waals surface area contributed by atoms with Crippen LogP contribution in [0.3, 0.4) is 0 Å². The maximum Gasteiger partial charge on any atom is 0.168 e. The molecule has 2 aromatic carbocycles. The molecule has 4 nitrogen and oxygen atoms in total. The number of allylic oxidation sites excluding steroid dienone is 2. The lowest BCUT2D eigenvalue weighted by atomic mass is 9.73. The Morgan fingerprint density at radius 1 is 1.08 bits per heavy atom. The molecule has 0 heterocycles. The van der Waals surface area contributed by atoms with Crippen LogP contribution in [0.25, 0.3) is 0 Å². The largest absolute Gasteiger partial charge is 0.511 e. The van der Waals surface area contributed by atoms with E-state index < -0.39 is 0 Å². The summed E-state index contributed by atoms with van der Waals surface area (Å²) in [5.74, 6) is 0.00730. The molecule has 0 aliphatic heterocycles. The van der Waals surface area contributed by atoms with E-state index in [0.29, 0.717) is 41.9 Å². The predicted octanol–water partition coefficient (Wildman–Crippen LogP) is 4.79. The summed E-state index contributed by atoms with van der Waals surface area (Å²) in [4.78, 5) is 17.5. The standard InChI is InChI=1S/C22H24N2O2/c1-22(2)13-18(24-17-11-7-6-10-16(17)23)21(20(26)14-22)19(25)12-15-8-4-3-5-9-15/h3-11,25H,12-14,23H2,1-2H3/b21-19+,24-18?. The lowest BCUT2D eigenvalue weighted by Gasteiger charge is -2.31. The van der Waals surface area contributed by atoms with Crippen molar-refractivity contribution >= 4 is 22.9 Å². The SMILES string of the molecule is CC1(C)CC(=O)/C(=C(/O)Cc2ccccc2)C(=Nc2ccccc2N)C1. The van der Waals surface area contributed by atoms with E-state index in [1.54, 1.807) is 6.07 Å². The van der Waals surface area contributed by atoms with Gasteiger partial charge in [0.1, 0.15) is 5.76 Å². The van der Waals surface area contributed by atoms with Gasteiger partial charge in [-0.15, -0.1) is 0 Å². The first kappa shape index (κ1) is 17.9. The Morgan fingerprint density at radius 2 is 1.73 bits per heavy atom. The van der Waals surface area contributed by atoms with Gasteiger partial charge in [0.15, 0.2) is 5.78 Å². The second-order valence-corrected chi connectivity index (χ2v) is 7.54. The van der Waals surface area contributed by atoms with Gasteiger partial charge in [0.25, 0.3) is 0 Å². The molecular formula is C22H24N2O2. The van der Waals surface area contributed by atoms with Crippen LogP contribution >= 0.6 is 0 Å². The minimum Gasteiger partial charge on any atom is -0.511 e. The molecule has 1 saturated carbocycles. The van der Waals surface area contributed by atoms with Crippen LogP contribution < -0.4 is 5.73 Å². The quantitative estimate of drug-likeness (QED) is 0.476. The number of para-hydroxylation sites is 2. The third-order valence-corrected chi connectivity index (χ3v) is 4.55. The van der Waals surface area contributed by atoms with Gasteiger partial charge in [0.2, 0.25) is 0 Å². The van der Waals surface area contributed by atoms with E-state index in [9.17, 15) is 9.90 Å². The number of rotatable bonds is 3. The Kier molecular flexibility index (Phi) is 4.94. The molecule has 0 unspecified atom stereocenters. The number of benzene rings is 2. The van der Waals surface area contributed by atoms with Crippen LogP contribution in [0.2, 0.25) is 0 Å². The summed E-state index contributed by atoms with van der Waals surface area (Å²) >= 11 is 0. The highest BCUT2D eigenvalue weighted by atomic mass is 16.3. The van der Waals surface area contributed by atoms with Crippen molar-refractivity contribution in [3.05, 3.63) is 71.5 Å². The number of aliphatic hydroxyl groups is 1. The van der Waals surface area contributed by atoms with Gasteiger partial charge in [0, 0.05) is 12.8 Å². The zero-order chi connectivity index (χ0) is 18.7. The molecule has 26 heavy (non-hydrogen) atoms. The number of nitrogens with two attached hydrogens (primary N) is 1. The van der Waals surface area contributed by atoms with E-state index in [-0.39, 0.29) is 17.0 Å². The van der Waals surface area contributed by atoms with Crippen molar-refractivity contribution in [2.24, 2.45) is 10.4 Å². The van der Waals surface area contributed by atoms with E-state index in [2.05, 4.69) is 4.99 Å². The lowest BCUT2D eigenvalue weighted by Crippen LogP contribution is -2.32. The van der Waals surface area contributed by atoms with Crippen molar-refractivity contribution in [1.29, 1.82) is 0 Å². The number of aliphatic imine (C=N–C) groups is 1. The number of anilines is 1. The van der Waals surface area contributed by atoms with Gasteiger partial charge in [0.05, 0.1) is 22.7 Å². The van der Waals surface area contributed by atoms with Crippen molar-refractivity contribution in [2.75, 3.05) is 5.73 Å². The molecule has 0 bridgehead atoms. The molecule has 0 spiro atoms. The van der Waals surface area contributed by atoms with Crippen LogP contribution in [0, 0.1) is 5.41 Å². The van der Waals surface area contributed by atoms with Gasteiger partial charge in [-0.3, -0.25) is 9.79 Å². The number of hydrogen-bond donors (Lipinski definition) is 2. The van der Waals surface area contributed by atoms with Crippen LogP contribution in [-0.4, -0.2) is 16.6 Å². The first-order valence-electron chi connectivity index (χ1n) is 8.77. The third-order valence-electron chi connectivity index (χ3n) is 4.55. The van der Waals surface area contributed by atoms with E-state index >= 15 is 0 Å². The van der Waals surface area contributed by atoms with Crippen molar-refractivity contribution in [2.45, 2.75) is 33.1 Å². The second kappa shape index (κ2) is 7.16. The van der Waals surface area contributed by atoms with Gasteiger partial charge < -0.3 is 10.8 Å². The fourth-order valence-electron chi connectivity index (χ4n) is 3.32. The molecule has 134 valence electrons. The first-order valence-corrected chi connectivity index (χ1v) is 8.77. The maximum atomic E-state index is 12.8. The first-order chi connectivity index (χ1) is 12.4. The summed E-state index contributed by atoms with van der Waals surface area (Å²) in [6.45, 7) is 4.08. The highest BCUT2D eigenvalue weighted by molar-refractivity contribution is 6.25. The molecule has 1 fully saturated rings. The zero-order valence-corrected chi connectivity index (χ0v) is 15.2. The Morgan fingerprint density at radius 3 is 2.42 bits per heavy atom. The smallest absolute Gasteiger partial charge is 0.168 e. The van der Waals surface area contributed by atoms with Gasteiger partial charge in [-0.05, 0) is 29.5 Å². The molecule has 0 atom stereocenters. The summed E-state index contributed by atoms with van der Waals surface area (Å²) in [7, 11) is 0. The van der Waals surface area contributed by atoms with Crippen LogP contribution in [0.4, 0.5) is 11.4 Å². The fourth-order valence-corrected chi connectivity index (χ4v) is 3.32. The molecule has 0 saturated heterocycles. The number of aliphatic hydroxyl groups excluding tert-OH is 1. The summed E-state index contributed by atoms with van der Waals surface area (Å²) in [6.07, 6.45) is 1.32. The molecular weight excluding hydrogens is 324 g/mol.